The van der Waals surface area contributed by atoms with Crippen LogP contribution in [0.5, 0.6) is 0 Å². The van der Waals surface area contributed by atoms with Gasteiger partial charge in [0.1, 0.15) is 23.3 Å². The summed E-state index contributed by atoms with van der Waals surface area (Å²) in [6.07, 6.45) is 0.565. The lowest BCUT2D eigenvalue weighted by Gasteiger charge is -2.06. The first-order valence-electron chi connectivity index (χ1n) is 5.22. The van der Waals surface area contributed by atoms with Crippen molar-refractivity contribution in [2.24, 2.45) is 0 Å². The second kappa shape index (κ2) is 5.92. The van der Waals surface area contributed by atoms with Gasteiger partial charge in [-0.3, -0.25) is 0 Å². The van der Waals surface area contributed by atoms with Gasteiger partial charge in [-0.1, -0.05) is 0 Å². The van der Waals surface area contributed by atoms with Gasteiger partial charge in [0, 0.05) is 5.56 Å². The number of halogens is 2. The summed E-state index contributed by atoms with van der Waals surface area (Å²) in [7, 11) is 0. The topological polar surface area (TPSA) is 50.1 Å². The largest absolute Gasteiger partial charge is 0.459 e. The summed E-state index contributed by atoms with van der Waals surface area (Å²) < 4.78 is 31.0. The third-order valence-corrected chi connectivity index (χ3v) is 1.94. The number of esters is 1. The number of nitrogens with zero attached hydrogens (tertiary/aromatic N) is 1. The first-order chi connectivity index (χ1) is 8.43. The molecule has 1 rings (SSSR count). The highest BCUT2D eigenvalue weighted by molar-refractivity contribution is 5.97. The average molecular weight is 251 g/mol. The molecule has 0 N–H and O–H groups in total. The van der Waals surface area contributed by atoms with Crippen LogP contribution in [0.25, 0.3) is 6.08 Å². The predicted octanol–water partition coefficient (Wildman–Crippen LogP) is 2.82. The number of hydrogen-bond donors (Lipinski definition) is 0. The Kier molecular flexibility index (Phi) is 4.55. The highest BCUT2D eigenvalue weighted by atomic mass is 19.1. The molecule has 18 heavy (non-hydrogen) atoms. The Balaban J connectivity index is 3.08. The maximum atomic E-state index is 13.3. The quantitative estimate of drug-likeness (QED) is 0.471. The van der Waals surface area contributed by atoms with Crippen LogP contribution in [-0.4, -0.2) is 12.1 Å². The molecule has 0 aromatic heterocycles. The zero-order chi connectivity index (χ0) is 13.7. The van der Waals surface area contributed by atoms with E-state index in [1.165, 1.54) is 0 Å². The van der Waals surface area contributed by atoms with Gasteiger partial charge in [-0.2, -0.15) is 5.26 Å². The van der Waals surface area contributed by atoms with Gasteiger partial charge in [0.2, 0.25) is 0 Å². The van der Waals surface area contributed by atoms with Crippen molar-refractivity contribution in [1.29, 1.82) is 5.26 Å². The van der Waals surface area contributed by atoms with Gasteiger partial charge in [0.25, 0.3) is 0 Å². The SMILES string of the molecule is CC(C)OC(=O)C(C#N)=Cc1cc(F)ccc1F. The first-order valence-corrected chi connectivity index (χ1v) is 5.22. The summed E-state index contributed by atoms with van der Waals surface area (Å²) in [5.41, 5.74) is -0.555. The van der Waals surface area contributed by atoms with Crippen molar-refractivity contribution in [1.82, 2.24) is 0 Å². The Morgan fingerprint density at radius 3 is 2.67 bits per heavy atom. The van der Waals surface area contributed by atoms with Crippen LogP contribution < -0.4 is 0 Å². The average Bonchev–Trinajstić information content (AvgIpc) is 2.29. The standard InChI is InChI=1S/C13H11F2NO2/c1-8(2)18-13(17)10(7-16)5-9-6-11(14)3-4-12(9)15/h3-6,8H,1-2H3. The lowest BCUT2D eigenvalue weighted by atomic mass is 10.1. The van der Waals surface area contributed by atoms with Crippen molar-refractivity contribution < 1.29 is 18.3 Å². The fraction of sp³-hybridized carbons (Fsp3) is 0.231. The van der Waals surface area contributed by atoms with Crippen molar-refractivity contribution in [2.45, 2.75) is 20.0 Å². The lowest BCUT2D eigenvalue weighted by Crippen LogP contribution is -2.12. The van der Waals surface area contributed by atoms with Crippen LogP contribution in [0.4, 0.5) is 8.78 Å². The molecule has 0 bridgehead atoms. The van der Waals surface area contributed by atoms with E-state index in [0.717, 1.165) is 24.3 Å². The maximum Gasteiger partial charge on any atom is 0.349 e. The first kappa shape index (κ1) is 13.8. The highest BCUT2D eigenvalue weighted by Crippen LogP contribution is 2.14. The maximum absolute atomic E-state index is 13.3. The molecule has 0 fully saturated rings. The van der Waals surface area contributed by atoms with Gasteiger partial charge >= 0.3 is 5.97 Å². The van der Waals surface area contributed by atoms with Crippen LogP contribution in [-0.2, 0) is 9.53 Å². The molecule has 0 saturated carbocycles. The number of nitriles is 1. The third kappa shape index (κ3) is 3.67. The molecular formula is C13H11F2NO2. The van der Waals surface area contributed by atoms with Crippen LogP contribution in [0.1, 0.15) is 19.4 Å². The number of rotatable bonds is 3. The molecule has 0 aliphatic rings. The molecule has 0 unspecified atom stereocenters. The summed E-state index contributed by atoms with van der Waals surface area (Å²) in [5, 5.41) is 8.80. The van der Waals surface area contributed by atoms with E-state index >= 15 is 0 Å². The minimum Gasteiger partial charge on any atom is -0.459 e. The van der Waals surface area contributed by atoms with Crippen molar-refractivity contribution in [3.8, 4) is 6.07 Å². The van der Waals surface area contributed by atoms with E-state index in [2.05, 4.69) is 0 Å². The normalized spacial score (nSPS) is 11.2. The van der Waals surface area contributed by atoms with Crippen molar-refractivity contribution in [3.05, 3.63) is 41.0 Å². The van der Waals surface area contributed by atoms with Gasteiger partial charge < -0.3 is 4.74 Å². The molecule has 0 radical (unpaired) electrons. The number of benzene rings is 1. The summed E-state index contributed by atoms with van der Waals surface area (Å²) in [6.45, 7) is 3.24. The minimum absolute atomic E-state index is 0.174. The predicted molar refractivity (Wildman–Crippen MR) is 61.2 cm³/mol. The van der Waals surface area contributed by atoms with E-state index in [4.69, 9.17) is 10.00 Å². The number of carbonyl (C=O) groups is 1. The fourth-order valence-corrected chi connectivity index (χ4v) is 1.20. The van der Waals surface area contributed by atoms with Crippen LogP contribution in [0.15, 0.2) is 23.8 Å². The van der Waals surface area contributed by atoms with E-state index in [9.17, 15) is 13.6 Å². The molecule has 0 aliphatic carbocycles. The molecule has 1 aromatic rings. The van der Waals surface area contributed by atoms with E-state index in [1.54, 1.807) is 19.9 Å². The molecular weight excluding hydrogens is 240 g/mol. The number of carbonyl (C=O) groups excluding carboxylic acids is 1. The second-order valence-corrected chi connectivity index (χ2v) is 3.79. The van der Waals surface area contributed by atoms with E-state index < -0.39 is 23.7 Å². The molecule has 0 amide bonds. The zero-order valence-electron chi connectivity index (χ0n) is 9.91. The van der Waals surface area contributed by atoms with E-state index in [-0.39, 0.29) is 11.1 Å². The molecule has 1 aromatic carbocycles. The molecule has 0 atom stereocenters. The lowest BCUT2D eigenvalue weighted by molar-refractivity contribution is -0.142. The third-order valence-electron chi connectivity index (χ3n) is 1.94. The van der Waals surface area contributed by atoms with Gasteiger partial charge in [0.15, 0.2) is 0 Å². The summed E-state index contributed by atoms with van der Waals surface area (Å²) in [5.74, 6) is -2.24. The molecule has 0 aliphatic heterocycles. The Morgan fingerprint density at radius 1 is 1.44 bits per heavy atom. The number of ether oxygens (including phenoxy) is 1. The Labute approximate surface area is 103 Å². The van der Waals surface area contributed by atoms with Crippen molar-refractivity contribution in [3.63, 3.8) is 0 Å². The van der Waals surface area contributed by atoms with Crippen LogP contribution in [0.3, 0.4) is 0 Å². The van der Waals surface area contributed by atoms with Crippen molar-refractivity contribution >= 4 is 12.0 Å². The summed E-state index contributed by atoms with van der Waals surface area (Å²) >= 11 is 0. The Bertz CT molecular complexity index is 530. The molecule has 0 saturated heterocycles. The monoisotopic (exact) mass is 251 g/mol. The molecule has 5 heteroatoms. The minimum atomic E-state index is -0.865. The van der Waals surface area contributed by atoms with Crippen LogP contribution in [0, 0.1) is 23.0 Å². The molecule has 94 valence electrons. The molecule has 0 heterocycles. The van der Waals surface area contributed by atoms with Gasteiger partial charge in [-0.15, -0.1) is 0 Å². The van der Waals surface area contributed by atoms with E-state index in [1.807, 2.05) is 0 Å². The summed E-state index contributed by atoms with van der Waals surface area (Å²) in [6, 6.07) is 4.37. The highest BCUT2D eigenvalue weighted by Gasteiger charge is 2.13. The smallest absolute Gasteiger partial charge is 0.349 e. The second-order valence-electron chi connectivity index (χ2n) is 3.79. The van der Waals surface area contributed by atoms with Gasteiger partial charge in [-0.25, -0.2) is 13.6 Å². The van der Waals surface area contributed by atoms with Gasteiger partial charge in [-0.05, 0) is 38.1 Å². The summed E-state index contributed by atoms with van der Waals surface area (Å²) in [4.78, 5) is 11.5. The van der Waals surface area contributed by atoms with Crippen LogP contribution >= 0.6 is 0 Å². The van der Waals surface area contributed by atoms with Gasteiger partial charge in [0.05, 0.1) is 6.10 Å². The van der Waals surface area contributed by atoms with Crippen molar-refractivity contribution in [2.75, 3.05) is 0 Å². The molecule has 0 spiro atoms. The van der Waals surface area contributed by atoms with Crippen LogP contribution in [0.2, 0.25) is 0 Å². The van der Waals surface area contributed by atoms with E-state index in [0.29, 0.717) is 0 Å². The molecule has 3 nitrogen and oxygen atoms in total. The Morgan fingerprint density at radius 2 is 2.11 bits per heavy atom. The number of hydrogen-bond acceptors (Lipinski definition) is 3. The Hall–Kier alpha value is -2.22. The fourth-order valence-electron chi connectivity index (χ4n) is 1.20. The zero-order valence-corrected chi connectivity index (χ0v) is 9.91.